The van der Waals surface area contributed by atoms with Gasteiger partial charge in [0.2, 0.25) is 0 Å². The maximum Gasteiger partial charge on any atom is 0.258 e. The maximum absolute atomic E-state index is 12.4. The number of hydrogen-bond acceptors (Lipinski definition) is 4. The van der Waals surface area contributed by atoms with Crippen molar-refractivity contribution in [2.24, 2.45) is 0 Å². The van der Waals surface area contributed by atoms with E-state index in [-0.39, 0.29) is 11.7 Å². The summed E-state index contributed by atoms with van der Waals surface area (Å²) in [4.78, 5) is 19.1. The molecule has 1 saturated heterocycles. The summed E-state index contributed by atoms with van der Waals surface area (Å²) in [5, 5.41) is 0.637. The summed E-state index contributed by atoms with van der Waals surface area (Å²) in [6.07, 6.45) is 2.08. The third kappa shape index (κ3) is 4.62. The van der Waals surface area contributed by atoms with Gasteiger partial charge in [-0.15, -0.1) is 0 Å². The Morgan fingerprint density at radius 1 is 1.00 bits per heavy atom. The molecule has 3 aromatic rings. The topological polar surface area (TPSA) is 47.4 Å². The van der Waals surface area contributed by atoms with Gasteiger partial charge in [-0.2, -0.15) is 0 Å². The van der Waals surface area contributed by atoms with Gasteiger partial charge in [0.25, 0.3) is 5.56 Å². The fourth-order valence-electron chi connectivity index (χ4n) is 4.27. The molecule has 0 bridgehead atoms. The molecule has 1 aliphatic heterocycles. The van der Waals surface area contributed by atoms with Gasteiger partial charge in [-0.05, 0) is 57.5 Å². The Kier molecular flexibility index (Phi) is 6.05. The Bertz CT molecular complexity index is 1160. The fraction of sp³-hybridized carbons (Fsp3) is 0.360. The smallest absolute Gasteiger partial charge is 0.258 e. The highest BCUT2D eigenvalue weighted by atomic mass is 35.5. The van der Waals surface area contributed by atoms with E-state index in [2.05, 4.69) is 41.9 Å². The number of rotatable bonds is 4. The highest BCUT2D eigenvalue weighted by Crippen LogP contribution is 2.31. The zero-order valence-corrected chi connectivity index (χ0v) is 19.2. The Balaban J connectivity index is 1.46. The molecule has 1 aromatic heterocycles. The lowest BCUT2D eigenvalue weighted by Crippen LogP contribution is -2.38. The molecule has 4 rings (SSSR count). The minimum absolute atomic E-state index is 0.0989. The minimum Gasteiger partial charge on any atom is -0.490 e. The van der Waals surface area contributed by atoms with E-state index in [0.29, 0.717) is 16.5 Å². The number of ether oxygens (including phenoxy) is 1. The average molecular weight is 438 g/mol. The van der Waals surface area contributed by atoms with Gasteiger partial charge in [-0.25, -0.2) is 4.98 Å². The lowest BCUT2D eigenvalue weighted by atomic mass is 10.1. The number of halogens is 1. The number of aromatic nitrogens is 2. The largest absolute Gasteiger partial charge is 0.490 e. The first-order valence-corrected chi connectivity index (χ1v) is 11.1. The molecule has 162 valence electrons. The number of piperidine rings is 1. The van der Waals surface area contributed by atoms with E-state index < -0.39 is 0 Å². The lowest BCUT2D eigenvalue weighted by molar-refractivity contribution is 0.170. The van der Waals surface area contributed by atoms with Gasteiger partial charge in [0.15, 0.2) is 0 Å². The van der Waals surface area contributed by atoms with Crippen LogP contribution in [0.4, 0.5) is 5.69 Å². The first-order valence-electron chi connectivity index (χ1n) is 10.7. The predicted octanol–water partition coefficient (Wildman–Crippen LogP) is 5.17. The van der Waals surface area contributed by atoms with Crippen molar-refractivity contribution < 1.29 is 4.74 Å². The van der Waals surface area contributed by atoms with E-state index in [1.54, 1.807) is 4.57 Å². The summed E-state index contributed by atoms with van der Waals surface area (Å²) in [5.74, 6) is 1.62. The van der Waals surface area contributed by atoms with Crippen molar-refractivity contribution in [3.05, 3.63) is 80.5 Å². The number of anilines is 1. The summed E-state index contributed by atoms with van der Waals surface area (Å²) in [7, 11) is 0. The van der Waals surface area contributed by atoms with Gasteiger partial charge in [-0.1, -0.05) is 29.3 Å². The van der Waals surface area contributed by atoms with Crippen molar-refractivity contribution in [2.75, 3.05) is 18.0 Å². The molecule has 0 unspecified atom stereocenters. The Labute approximate surface area is 188 Å². The molecule has 0 atom stereocenters. The minimum atomic E-state index is -0.0989. The van der Waals surface area contributed by atoms with Crippen LogP contribution in [0.5, 0.6) is 5.75 Å². The molecule has 0 aliphatic carbocycles. The molecular weight excluding hydrogens is 410 g/mol. The average Bonchev–Trinajstić information content (AvgIpc) is 2.70. The second kappa shape index (κ2) is 8.75. The maximum atomic E-state index is 12.4. The highest BCUT2D eigenvalue weighted by molar-refractivity contribution is 6.33. The molecule has 0 spiro atoms. The van der Waals surface area contributed by atoms with Crippen molar-refractivity contribution in [1.82, 2.24) is 9.55 Å². The second-order valence-electron chi connectivity index (χ2n) is 8.33. The van der Waals surface area contributed by atoms with Crippen LogP contribution in [0.3, 0.4) is 0 Å². The number of hydrogen-bond donors (Lipinski definition) is 0. The lowest BCUT2D eigenvalue weighted by Gasteiger charge is -2.34. The zero-order valence-electron chi connectivity index (χ0n) is 18.5. The first-order chi connectivity index (χ1) is 14.8. The van der Waals surface area contributed by atoms with Crippen LogP contribution < -0.4 is 15.2 Å². The number of benzene rings is 2. The third-order valence-electron chi connectivity index (χ3n) is 5.81. The second-order valence-corrected chi connectivity index (χ2v) is 8.73. The van der Waals surface area contributed by atoms with Gasteiger partial charge in [0, 0.05) is 37.7 Å². The van der Waals surface area contributed by atoms with Gasteiger partial charge >= 0.3 is 0 Å². The van der Waals surface area contributed by atoms with Crippen molar-refractivity contribution in [2.45, 2.75) is 46.6 Å². The summed E-state index contributed by atoms with van der Waals surface area (Å²) in [6.45, 7) is 9.59. The van der Waals surface area contributed by atoms with Crippen LogP contribution in [0.2, 0.25) is 5.02 Å². The van der Waals surface area contributed by atoms with Crippen LogP contribution in [0, 0.1) is 27.7 Å². The van der Waals surface area contributed by atoms with Crippen LogP contribution in [-0.2, 0) is 0 Å². The van der Waals surface area contributed by atoms with Crippen LogP contribution >= 0.6 is 11.6 Å². The molecule has 5 nitrogen and oxygen atoms in total. The highest BCUT2D eigenvalue weighted by Gasteiger charge is 2.23. The molecule has 2 heterocycles. The molecule has 1 aliphatic rings. The van der Waals surface area contributed by atoms with Crippen LogP contribution in [0.25, 0.3) is 5.69 Å². The quantitative estimate of drug-likeness (QED) is 0.565. The predicted molar refractivity (Wildman–Crippen MR) is 126 cm³/mol. The van der Waals surface area contributed by atoms with Gasteiger partial charge < -0.3 is 9.64 Å². The Morgan fingerprint density at radius 3 is 2.39 bits per heavy atom. The molecule has 1 fully saturated rings. The van der Waals surface area contributed by atoms with Gasteiger partial charge in [-0.3, -0.25) is 9.36 Å². The van der Waals surface area contributed by atoms with E-state index in [1.165, 1.54) is 17.2 Å². The SMILES string of the molecule is Cc1ccc(OC2CCN(c3ccc(-n4c(C)nc(C)cc4=O)cc3Cl)CC2)c(C)c1. The summed E-state index contributed by atoms with van der Waals surface area (Å²) >= 11 is 6.64. The molecule has 0 saturated carbocycles. The monoisotopic (exact) mass is 437 g/mol. The standard InChI is InChI=1S/C25H28ClN3O2/c1-16-5-8-24(17(2)13-16)31-21-9-11-28(12-10-21)23-7-6-20(15-22(23)26)29-19(4)27-18(3)14-25(29)30/h5-8,13-15,21H,9-12H2,1-4H3. The van der Waals surface area contributed by atoms with Crippen LogP contribution in [0.1, 0.15) is 35.5 Å². The van der Waals surface area contributed by atoms with E-state index in [1.807, 2.05) is 32.0 Å². The molecule has 0 radical (unpaired) electrons. The molecule has 31 heavy (non-hydrogen) atoms. The fourth-order valence-corrected chi connectivity index (χ4v) is 4.57. The molecule has 6 heteroatoms. The number of nitrogens with zero attached hydrogens (tertiary/aromatic N) is 3. The van der Waals surface area contributed by atoms with Crippen molar-refractivity contribution >= 4 is 17.3 Å². The molecule has 0 N–H and O–H groups in total. The van der Waals surface area contributed by atoms with Crippen molar-refractivity contribution in [3.63, 3.8) is 0 Å². The van der Waals surface area contributed by atoms with Gasteiger partial charge in [0.05, 0.1) is 16.4 Å². The number of aryl methyl sites for hydroxylation is 4. The zero-order chi connectivity index (χ0) is 22.1. The normalized spacial score (nSPS) is 14.7. The van der Waals surface area contributed by atoms with E-state index in [9.17, 15) is 4.79 Å². The molecular formula is C25H28ClN3O2. The Hall–Kier alpha value is -2.79. The van der Waals surface area contributed by atoms with E-state index in [4.69, 9.17) is 16.3 Å². The van der Waals surface area contributed by atoms with Crippen molar-refractivity contribution in [3.8, 4) is 11.4 Å². The Morgan fingerprint density at radius 2 is 1.74 bits per heavy atom. The van der Waals surface area contributed by atoms with Crippen LogP contribution in [-0.4, -0.2) is 28.7 Å². The summed E-state index contributed by atoms with van der Waals surface area (Å²) in [6, 6.07) is 13.6. The third-order valence-corrected chi connectivity index (χ3v) is 6.11. The van der Waals surface area contributed by atoms with Crippen molar-refractivity contribution in [1.29, 1.82) is 0 Å². The van der Waals surface area contributed by atoms with E-state index in [0.717, 1.165) is 43.1 Å². The summed E-state index contributed by atoms with van der Waals surface area (Å²) < 4.78 is 7.85. The first kappa shape index (κ1) is 21.4. The molecule has 0 amide bonds. The van der Waals surface area contributed by atoms with Gasteiger partial charge in [0.1, 0.15) is 17.7 Å². The summed E-state index contributed by atoms with van der Waals surface area (Å²) in [5.41, 5.74) is 4.76. The molecule has 2 aromatic carbocycles. The van der Waals surface area contributed by atoms with E-state index >= 15 is 0 Å². The van der Waals surface area contributed by atoms with Crippen LogP contribution in [0.15, 0.2) is 47.3 Å².